The van der Waals surface area contributed by atoms with Crippen LogP contribution in [-0.4, -0.2) is 40.7 Å². The van der Waals surface area contributed by atoms with Crippen LogP contribution >= 0.6 is 11.3 Å². The van der Waals surface area contributed by atoms with Crippen molar-refractivity contribution in [2.45, 2.75) is 32.4 Å². The van der Waals surface area contributed by atoms with Crippen LogP contribution in [0.5, 0.6) is 0 Å². The summed E-state index contributed by atoms with van der Waals surface area (Å²) in [4.78, 5) is 33.6. The van der Waals surface area contributed by atoms with Gasteiger partial charge in [-0.1, -0.05) is 25.5 Å². The van der Waals surface area contributed by atoms with E-state index in [0.29, 0.717) is 11.1 Å². The summed E-state index contributed by atoms with van der Waals surface area (Å²) in [6.45, 7) is 2.81. The van der Waals surface area contributed by atoms with Gasteiger partial charge in [0.05, 0.1) is 22.9 Å². The van der Waals surface area contributed by atoms with Crippen molar-refractivity contribution in [2.24, 2.45) is 0 Å². The third-order valence-corrected chi connectivity index (χ3v) is 4.91. The molecular formula is C18H21N3O2S. The summed E-state index contributed by atoms with van der Waals surface area (Å²) in [7, 11) is 3.99. The van der Waals surface area contributed by atoms with Gasteiger partial charge >= 0.3 is 0 Å². The molecule has 6 heteroatoms. The molecule has 0 saturated carbocycles. The van der Waals surface area contributed by atoms with Crippen molar-refractivity contribution in [3.8, 4) is 0 Å². The molecule has 0 aliphatic carbocycles. The van der Waals surface area contributed by atoms with Gasteiger partial charge in [0.25, 0.3) is 11.8 Å². The van der Waals surface area contributed by atoms with E-state index in [0.717, 1.165) is 30.1 Å². The van der Waals surface area contributed by atoms with Gasteiger partial charge in [-0.25, -0.2) is 4.98 Å². The van der Waals surface area contributed by atoms with Gasteiger partial charge in [0, 0.05) is 11.9 Å². The highest BCUT2D eigenvalue weighted by Crippen LogP contribution is 2.34. The second kappa shape index (κ2) is 6.83. The minimum Gasteiger partial charge on any atom is -0.303 e. The Morgan fingerprint density at radius 3 is 2.33 bits per heavy atom. The molecule has 1 aliphatic heterocycles. The highest BCUT2D eigenvalue weighted by molar-refractivity contribution is 7.09. The predicted octanol–water partition coefficient (Wildman–Crippen LogP) is 3.34. The molecule has 0 fully saturated rings. The van der Waals surface area contributed by atoms with E-state index in [2.05, 4.69) is 16.8 Å². The number of imide groups is 1. The van der Waals surface area contributed by atoms with Crippen molar-refractivity contribution in [1.82, 2.24) is 14.8 Å². The molecule has 1 atom stereocenters. The van der Waals surface area contributed by atoms with Gasteiger partial charge in [0.15, 0.2) is 0 Å². The molecule has 1 aliphatic rings. The number of carbonyl (C=O) groups is 2. The van der Waals surface area contributed by atoms with Gasteiger partial charge in [-0.2, -0.15) is 0 Å². The van der Waals surface area contributed by atoms with Gasteiger partial charge < -0.3 is 4.90 Å². The number of carbonyl (C=O) groups excluding carboxylic acids is 2. The lowest BCUT2D eigenvalue weighted by molar-refractivity contribution is 0.0570. The summed E-state index contributed by atoms with van der Waals surface area (Å²) in [5.41, 5.74) is 1.80. The predicted molar refractivity (Wildman–Crippen MR) is 94.1 cm³/mol. The molecule has 0 N–H and O–H groups in total. The molecule has 0 saturated heterocycles. The van der Waals surface area contributed by atoms with Crippen LogP contribution < -0.4 is 0 Å². The Morgan fingerprint density at radius 1 is 1.17 bits per heavy atom. The van der Waals surface area contributed by atoms with Crippen LogP contribution in [0.25, 0.3) is 0 Å². The number of hydrogen-bond acceptors (Lipinski definition) is 5. The largest absolute Gasteiger partial charge is 0.303 e. The topological polar surface area (TPSA) is 53.5 Å². The molecule has 2 aromatic rings. The Balaban J connectivity index is 1.93. The Hall–Kier alpha value is -2.05. The van der Waals surface area contributed by atoms with Gasteiger partial charge in [-0.05, 0) is 32.6 Å². The number of rotatable bonds is 6. The number of fused-ring (bicyclic) bond motifs is 1. The summed E-state index contributed by atoms with van der Waals surface area (Å²) in [6.07, 6.45) is 1.59. The van der Waals surface area contributed by atoms with Crippen LogP contribution in [0.3, 0.4) is 0 Å². The number of amides is 2. The van der Waals surface area contributed by atoms with E-state index in [9.17, 15) is 9.59 Å². The zero-order valence-electron chi connectivity index (χ0n) is 14.2. The summed E-state index contributed by atoms with van der Waals surface area (Å²) >= 11 is 1.58. The first kappa shape index (κ1) is 16.8. The first-order valence-electron chi connectivity index (χ1n) is 8.08. The van der Waals surface area contributed by atoms with Crippen molar-refractivity contribution in [3.63, 3.8) is 0 Å². The Labute approximate surface area is 145 Å². The molecule has 24 heavy (non-hydrogen) atoms. The SMILES string of the molecule is CCCC(c1csc(CN(C)C)n1)N1C(=O)c2ccccc2C1=O. The van der Waals surface area contributed by atoms with E-state index in [-0.39, 0.29) is 17.9 Å². The number of hydrogen-bond donors (Lipinski definition) is 0. The van der Waals surface area contributed by atoms with Gasteiger partial charge in [0.1, 0.15) is 5.01 Å². The zero-order valence-corrected chi connectivity index (χ0v) is 15.0. The highest BCUT2D eigenvalue weighted by Gasteiger charge is 2.40. The first-order valence-corrected chi connectivity index (χ1v) is 8.96. The van der Waals surface area contributed by atoms with Crippen molar-refractivity contribution in [3.05, 3.63) is 51.5 Å². The van der Waals surface area contributed by atoms with E-state index < -0.39 is 0 Å². The van der Waals surface area contributed by atoms with Crippen molar-refractivity contribution >= 4 is 23.2 Å². The quantitative estimate of drug-likeness (QED) is 0.755. The third-order valence-electron chi connectivity index (χ3n) is 4.06. The molecule has 0 spiro atoms. The lowest BCUT2D eigenvalue weighted by Crippen LogP contribution is -2.34. The number of benzene rings is 1. The molecule has 2 amide bonds. The average molecular weight is 343 g/mol. The van der Waals surface area contributed by atoms with Crippen molar-refractivity contribution in [2.75, 3.05) is 14.1 Å². The second-order valence-corrected chi connectivity index (χ2v) is 7.18. The maximum atomic E-state index is 12.8. The van der Waals surface area contributed by atoms with Crippen LogP contribution in [0.15, 0.2) is 29.6 Å². The van der Waals surface area contributed by atoms with Crippen molar-refractivity contribution in [1.29, 1.82) is 0 Å². The lowest BCUT2D eigenvalue weighted by Gasteiger charge is -2.24. The first-order chi connectivity index (χ1) is 11.5. The fraction of sp³-hybridized carbons (Fsp3) is 0.389. The molecule has 126 valence electrons. The molecule has 1 aromatic carbocycles. The summed E-state index contributed by atoms with van der Waals surface area (Å²) in [5.74, 6) is -0.424. The van der Waals surface area contributed by atoms with Gasteiger partial charge in [-0.3, -0.25) is 14.5 Å². The number of nitrogens with zero attached hydrogens (tertiary/aromatic N) is 3. The Kier molecular flexibility index (Phi) is 4.78. The standard InChI is InChI=1S/C18H21N3O2S/c1-4-7-15(14-11-24-16(19-14)10-20(2)3)21-17(22)12-8-5-6-9-13(12)18(21)23/h5-6,8-9,11,15H,4,7,10H2,1-3H3. The number of aromatic nitrogens is 1. The minimum absolute atomic E-state index is 0.212. The second-order valence-electron chi connectivity index (χ2n) is 6.23. The summed E-state index contributed by atoms with van der Waals surface area (Å²) < 4.78 is 0. The van der Waals surface area contributed by atoms with Gasteiger partial charge in [0.2, 0.25) is 0 Å². The van der Waals surface area contributed by atoms with Crippen LogP contribution in [-0.2, 0) is 6.54 Å². The summed E-state index contributed by atoms with van der Waals surface area (Å²) in [5, 5.41) is 2.97. The molecule has 0 bridgehead atoms. The van der Waals surface area contributed by atoms with E-state index in [1.165, 1.54) is 4.90 Å². The Bertz CT molecular complexity index is 734. The van der Waals surface area contributed by atoms with E-state index in [1.807, 2.05) is 19.5 Å². The number of thiazole rings is 1. The lowest BCUT2D eigenvalue weighted by atomic mass is 10.1. The molecular weight excluding hydrogens is 322 g/mol. The highest BCUT2D eigenvalue weighted by atomic mass is 32.1. The Morgan fingerprint density at radius 2 is 1.79 bits per heavy atom. The van der Waals surface area contributed by atoms with Gasteiger partial charge in [-0.15, -0.1) is 11.3 Å². The van der Waals surface area contributed by atoms with E-state index in [4.69, 9.17) is 0 Å². The third kappa shape index (κ3) is 2.99. The maximum Gasteiger partial charge on any atom is 0.262 e. The molecule has 2 heterocycles. The normalized spacial score (nSPS) is 15.2. The fourth-order valence-corrected chi connectivity index (χ4v) is 3.95. The van der Waals surface area contributed by atoms with E-state index in [1.54, 1.807) is 35.6 Å². The minimum atomic E-state index is -0.297. The molecule has 1 unspecified atom stereocenters. The van der Waals surface area contributed by atoms with Crippen LogP contribution in [0.4, 0.5) is 0 Å². The molecule has 0 radical (unpaired) electrons. The zero-order chi connectivity index (χ0) is 17.3. The molecule has 5 nitrogen and oxygen atoms in total. The van der Waals surface area contributed by atoms with Crippen LogP contribution in [0, 0.1) is 0 Å². The molecule has 1 aromatic heterocycles. The fourth-order valence-electron chi connectivity index (χ4n) is 2.99. The van der Waals surface area contributed by atoms with Crippen molar-refractivity contribution < 1.29 is 9.59 Å². The smallest absolute Gasteiger partial charge is 0.262 e. The monoisotopic (exact) mass is 343 g/mol. The molecule has 3 rings (SSSR count). The average Bonchev–Trinajstić information content (AvgIpc) is 3.10. The van der Waals surface area contributed by atoms with Crippen LogP contribution in [0.2, 0.25) is 0 Å². The van der Waals surface area contributed by atoms with Crippen LogP contribution in [0.1, 0.15) is 57.2 Å². The van der Waals surface area contributed by atoms with E-state index >= 15 is 0 Å². The summed E-state index contributed by atoms with van der Waals surface area (Å²) in [6, 6.07) is 6.73. The maximum absolute atomic E-state index is 12.8.